The highest BCUT2D eigenvalue weighted by molar-refractivity contribution is 7.85. The highest BCUT2D eigenvalue weighted by Crippen LogP contribution is 2.34. The fourth-order valence-corrected chi connectivity index (χ4v) is 2.15. The number of rotatable bonds is 2. The Morgan fingerprint density at radius 2 is 2.00 bits per heavy atom. The molecule has 0 fully saturated rings. The molecule has 0 saturated heterocycles. The summed E-state index contributed by atoms with van der Waals surface area (Å²) in [7, 11) is -4.56. The van der Waals surface area contributed by atoms with Crippen LogP contribution in [-0.4, -0.2) is 21.6 Å². The summed E-state index contributed by atoms with van der Waals surface area (Å²) in [6, 6.07) is 4.81. The molecule has 2 rings (SSSR count). The first kappa shape index (κ1) is 11.2. The lowest BCUT2D eigenvalue weighted by Gasteiger charge is -2.10. The molecule has 88 valence electrons. The normalized spacial score (nSPS) is 15.6. The van der Waals surface area contributed by atoms with Gasteiger partial charge in [0.25, 0.3) is 0 Å². The molecule has 0 saturated carbocycles. The Balaban J connectivity index is 2.39. The monoisotopic (exact) mass is 246 g/mol. The van der Waals surface area contributed by atoms with Crippen molar-refractivity contribution in [2.45, 2.75) is 12.2 Å². The van der Waals surface area contributed by atoms with Crippen molar-refractivity contribution in [1.29, 1.82) is 0 Å². The summed E-state index contributed by atoms with van der Waals surface area (Å²) in [6.45, 7) is 0.954. The molecule has 1 aliphatic rings. The van der Waals surface area contributed by atoms with E-state index in [9.17, 15) is 12.3 Å². The number of ether oxygens (including phenoxy) is 2. The van der Waals surface area contributed by atoms with E-state index in [1.54, 1.807) is 12.1 Å². The van der Waals surface area contributed by atoms with E-state index in [0.29, 0.717) is 30.3 Å². The fourth-order valence-electron chi connectivity index (χ4n) is 1.55. The first-order chi connectivity index (χ1) is 7.56. The molecule has 0 N–H and O–H groups in total. The van der Waals surface area contributed by atoms with Crippen molar-refractivity contribution in [3.05, 3.63) is 23.8 Å². The maximum absolute atomic E-state index is 12.6. The van der Waals surface area contributed by atoms with Crippen molar-refractivity contribution in [1.82, 2.24) is 0 Å². The van der Waals surface area contributed by atoms with E-state index in [2.05, 4.69) is 0 Å². The summed E-state index contributed by atoms with van der Waals surface area (Å²) in [5.74, 6) is 0.124. The predicted molar refractivity (Wildman–Crippen MR) is 55.8 cm³/mol. The molecule has 0 amide bonds. The lowest BCUT2D eigenvalue weighted by molar-refractivity contribution is 0.296. The average Bonchev–Trinajstić information content (AvgIpc) is 2.41. The van der Waals surface area contributed by atoms with Gasteiger partial charge in [0, 0.05) is 12.0 Å². The number of hydrogen-bond donors (Lipinski definition) is 0. The smallest absolute Gasteiger partial charge is 0.306 e. The zero-order valence-corrected chi connectivity index (χ0v) is 9.30. The zero-order valence-electron chi connectivity index (χ0n) is 8.48. The van der Waals surface area contributed by atoms with Crippen molar-refractivity contribution in [3.63, 3.8) is 0 Å². The molecule has 16 heavy (non-hydrogen) atoms. The molecule has 0 bridgehead atoms. The van der Waals surface area contributed by atoms with Gasteiger partial charge in [0.15, 0.2) is 11.5 Å². The van der Waals surface area contributed by atoms with Crippen LogP contribution < -0.4 is 9.47 Å². The van der Waals surface area contributed by atoms with Crippen LogP contribution in [0.3, 0.4) is 0 Å². The molecular formula is C10H11FO4S. The summed E-state index contributed by atoms with van der Waals surface area (Å²) in [6.07, 6.45) is 0.719. The maximum Gasteiger partial charge on any atom is 0.306 e. The molecule has 1 aromatic carbocycles. The second-order valence-corrected chi connectivity index (χ2v) is 4.84. The number of fused-ring (bicyclic) bond motifs is 1. The van der Waals surface area contributed by atoms with Crippen molar-refractivity contribution in [2.24, 2.45) is 0 Å². The van der Waals surface area contributed by atoms with Gasteiger partial charge < -0.3 is 9.47 Å². The lowest BCUT2D eigenvalue weighted by Crippen LogP contribution is -2.01. The number of hydrogen-bond acceptors (Lipinski definition) is 4. The Bertz CT molecular complexity index is 484. The first-order valence-electron chi connectivity index (χ1n) is 4.86. The topological polar surface area (TPSA) is 52.6 Å². The van der Waals surface area contributed by atoms with Crippen LogP contribution in [0, 0.1) is 0 Å². The van der Waals surface area contributed by atoms with E-state index < -0.39 is 16.0 Å². The Labute approximate surface area is 93.2 Å². The van der Waals surface area contributed by atoms with Gasteiger partial charge in [-0.2, -0.15) is 8.42 Å². The fraction of sp³-hybridized carbons (Fsp3) is 0.400. The van der Waals surface area contributed by atoms with E-state index in [4.69, 9.17) is 9.47 Å². The van der Waals surface area contributed by atoms with Gasteiger partial charge in [0.2, 0.25) is 0 Å². The molecule has 1 heterocycles. The van der Waals surface area contributed by atoms with E-state index in [1.165, 1.54) is 6.07 Å². The number of halogens is 1. The Kier molecular flexibility index (Phi) is 3.00. The summed E-state index contributed by atoms with van der Waals surface area (Å²) >= 11 is 0. The Hall–Kier alpha value is -1.30. The number of benzene rings is 1. The van der Waals surface area contributed by atoms with Crippen LogP contribution in [0.4, 0.5) is 3.89 Å². The van der Waals surface area contributed by atoms with Crippen LogP contribution in [0.2, 0.25) is 0 Å². The first-order valence-corrected chi connectivity index (χ1v) is 6.41. The molecule has 0 unspecified atom stereocenters. The zero-order chi connectivity index (χ0) is 11.6. The average molecular weight is 246 g/mol. The van der Waals surface area contributed by atoms with Crippen molar-refractivity contribution in [3.8, 4) is 11.5 Å². The van der Waals surface area contributed by atoms with Crippen LogP contribution in [0.25, 0.3) is 0 Å². The third kappa shape index (κ3) is 2.63. The van der Waals surface area contributed by atoms with E-state index in [1.807, 2.05) is 0 Å². The predicted octanol–water partition coefficient (Wildman–Crippen LogP) is 1.65. The molecule has 0 aliphatic carbocycles. The van der Waals surface area contributed by atoms with Crippen LogP contribution >= 0.6 is 0 Å². The molecule has 1 aliphatic heterocycles. The van der Waals surface area contributed by atoms with Gasteiger partial charge in [-0.15, -0.1) is 3.89 Å². The van der Waals surface area contributed by atoms with Crippen molar-refractivity contribution in [2.75, 3.05) is 13.2 Å². The Morgan fingerprint density at radius 1 is 1.25 bits per heavy atom. The van der Waals surface area contributed by atoms with Gasteiger partial charge in [0.05, 0.1) is 13.2 Å². The van der Waals surface area contributed by atoms with Crippen molar-refractivity contribution < 1.29 is 21.8 Å². The minimum absolute atomic E-state index is 0.293. The third-order valence-electron chi connectivity index (χ3n) is 2.18. The third-order valence-corrected chi connectivity index (χ3v) is 2.84. The largest absolute Gasteiger partial charge is 0.490 e. The highest BCUT2D eigenvalue weighted by Gasteiger charge is 2.18. The standard InChI is InChI=1S/C10H11FO4S/c11-16(12,13)7-8-3-1-4-9-10(8)15-6-2-5-14-9/h1,3-4H,2,5-7H2. The van der Waals surface area contributed by atoms with E-state index >= 15 is 0 Å². The summed E-state index contributed by atoms with van der Waals surface area (Å²) < 4.78 is 44.6. The molecule has 0 radical (unpaired) electrons. The van der Waals surface area contributed by atoms with Crippen LogP contribution in [-0.2, 0) is 16.0 Å². The van der Waals surface area contributed by atoms with E-state index in [-0.39, 0.29) is 0 Å². The highest BCUT2D eigenvalue weighted by atomic mass is 32.3. The molecule has 6 heteroatoms. The van der Waals surface area contributed by atoms with Gasteiger partial charge >= 0.3 is 10.2 Å². The summed E-state index contributed by atoms with van der Waals surface area (Å²) in [5, 5.41) is 0. The quantitative estimate of drug-likeness (QED) is 0.744. The van der Waals surface area contributed by atoms with Gasteiger partial charge in [-0.05, 0) is 6.07 Å². The number of para-hydroxylation sites is 1. The molecule has 0 atom stereocenters. The second-order valence-electron chi connectivity index (χ2n) is 3.48. The van der Waals surface area contributed by atoms with Crippen molar-refractivity contribution >= 4 is 10.2 Å². The molecule has 0 spiro atoms. The molecule has 4 nitrogen and oxygen atoms in total. The van der Waals surface area contributed by atoms with Gasteiger partial charge in [0.1, 0.15) is 5.75 Å². The minimum Gasteiger partial charge on any atom is -0.490 e. The molecular weight excluding hydrogens is 235 g/mol. The summed E-state index contributed by atoms with van der Waals surface area (Å²) in [5.41, 5.74) is 0.293. The summed E-state index contributed by atoms with van der Waals surface area (Å²) in [4.78, 5) is 0. The van der Waals surface area contributed by atoms with Crippen LogP contribution in [0.5, 0.6) is 11.5 Å². The SMILES string of the molecule is O=S(=O)(F)Cc1cccc2c1OCCCO2. The van der Waals surface area contributed by atoms with E-state index in [0.717, 1.165) is 6.42 Å². The molecule has 0 aromatic heterocycles. The molecule has 1 aromatic rings. The lowest BCUT2D eigenvalue weighted by atomic mass is 10.2. The van der Waals surface area contributed by atoms with Gasteiger partial charge in [-0.3, -0.25) is 0 Å². The Morgan fingerprint density at radius 3 is 2.75 bits per heavy atom. The van der Waals surface area contributed by atoms with Gasteiger partial charge in [-0.1, -0.05) is 12.1 Å². The van der Waals surface area contributed by atoms with Crippen LogP contribution in [0.1, 0.15) is 12.0 Å². The van der Waals surface area contributed by atoms with Gasteiger partial charge in [-0.25, -0.2) is 0 Å². The van der Waals surface area contributed by atoms with Crippen LogP contribution in [0.15, 0.2) is 18.2 Å². The second kappa shape index (κ2) is 4.29. The maximum atomic E-state index is 12.6. The minimum atomic E-state index is -4.56.